The molecule has 1 N–H and O–H groups in total. The first-order valence-electron chi connectivity index (χ1n) is 10.4. The van der Waals surface area contributed by atoms with Crippen LogP contribution in [-0.2, 0) is 9.53 Å². The number of aliphatic hydroxyl groups is 1. The van der Waals surface area contributed by atoms with E-state index >= 15 is 0 Å². The largest absolute Gasteiger partial charge is 0.497 e. The quantitative estimate of drug-likeness (QED) is 0.473. The van der Waals surface area contributed by atoms with E-state index < -0.39 is 23.7 Å². The van der Waals surface area contributed by atoms with E-state index in [2.05, 4.69) is 0 Å². The van der Waals surface area contributed by atoms with Gasteiger partial charge in [-0.3, -0.25) is 4.79 Å². The highest BCUT2D eigenvalue weighted by molar-refractivity contribution is 6.05. The minimum absolute atomic E-state index is 0.0190. The number of ketones is 1. The average Bonchev–Trinajstić information content (AvgIpc) is 3.18. The van der Waals surface area contributed by atoms with Crippen LogP contribution in [0.1, 0.15) is 28.3 Å². The number of hydrogen-bond acceptors (Lipinski definition) is 6. The van der Waals surface area contributed by atoms with E-state index in [1.54, 1.807) is 55.6 Å². The number of rotatable bonds is 6. The molecule has 1 aliphatic rings. The molecule has 1 saturated heterocycles. The molecule has 3 atom stereocenters. The topological polar surface area (TPSA) is 76.1 Å². The Hall–Kier alpha value is -3.64. The molecule has 32 heavy (non-hydrogen) atoms. The molecule has 0 aliphatic carbocycles. The van der Waals surface area contributed by atoms with E-state index in [-0.39, 0.29) is 12.2 Å². The number of benzene rings is 3. The van der Waals surface area contributed by atoms with Crippen molar-refractivity contribution in [3.05, 3.63) is 96.1 Å². The summed E-state index contributed by atoms with van der Waals surface area (Å²) in [6, 6.07) is 24.5. The lowest BCUT2D eigenvalue weighted by molar-refractivity contribution is -0.161. The third-order valence-electron chi connectivity index (χ3n) is 5.98. The van der Waals surface area contributed by atoms with Crippen molar-refractivity contribution < 1.29 is 24.2 Å². The van der Waals surface area contributed by atoms with E-state index in [0.717, 1.165) is 5.56 Å². The number of hydrogen-bond donors (Lipinski definition) is 1. The predicted octanol–water partition coefficient (Wildman–Crippen LogP) is 3.80. The maximum atomic E-state index is 13.9. The van der Waals surface area contributed by atoms with Crippen LogP contribution in [0, 0.1) is 0 Å². The second-order valence-electron chi connectivity index (χ2n) is 7.77. The van der Waals surface area contributed by atoms with Crippen molar-refractivity contribution in [2.75, 3.05) is 19.1 Å². The lowest BCUT2D eigenvalue weighted by Crippen LogP contribution is -2.55. The Bertz CT molecular complexity index is 1080. The molecule has 3 aromatic carbocycles. The minimum Gasteiger partial charge on any atom is -0.497 e. The van der Waals surface area contributed by atoms with Crippen molar-refractivity contribution in [2.45, 2.75) is 24.1 Å². The summed E-state index contributed by atoms with van der Waals surface area (Å²) < 4.78 is 10.2. The molecule has 164 valence electrons. The molecular formula is C26H25NO5. The second-order valence-corrected chi connectivity index (χ2v) is 7.77. The van der Waals surface area contributed by atoms with Gasteiger partial charge in [0.1, 0.15) is 11.8 Å². The van der Waals surface area contributed by atoms with Crippen LogP contribution in [0.25, 0.3) is 0 Å². The lowest BCUT2D eigenvalue weighted by atomic mass is 9.86. The van der Waals surface area contributed by atoms with Gasteiger partial charge in [-0.05, 0) is 42.0 Å². The van der Waals surface area contributed by atoms with Gasteiger partial charge in [0, 0.05) is 23.6 Å². The molecule has 0 saturated carbocycles. The van der Waals surface area contributed by atoms with Crippen molar-refractivity contribution in [1.29, 1.82) is 0 Å². The highest BCUT2D eigenvalue weighted by Crippen LogP contribution is 2.46. The Morgan fingerprint density at radius 1 is 0.906 bits per heavy atom. The number of para-hydroxylation sites is 1. The molecule has 0 radical (unpaired) electrons. The molecule has 1 aliphatic heterocycles. The van der Waals surface area contributed by atoms with Crippen LogP contribution < -0.4 is 9.64 Å². The molecule has 6 nitrogen and oxygen atoms in total. The Morgan fingerprint density at radius 3 is 2.06 bits per heavy atom. The van der Waals surface area contributed by atoms with Crippen LogP contribution in [0.5, 0.6) is 5.75 Å². The van der Waals surface area contributed by atoms with Crippen LogP contribution in [0.2, 0.25) is 0 Å². The van der Waals surface area contributed by atoms with E-state index in [4.69, 9.17) is 9.47 Å². The number of ether oxygens (including phenoxy) is 2. The zero-order valence-corrected chi connectivity index (χ0v) is 18.0. The molecule has 1 fully saturated rings. The van der Waals surface area contributed by atoms with Crippen LogP contribution in [0.4, 0.5) is 5.69 Å². The summed E-state index contributed by atoms with van der Waals surface area (Å²) in [4.78, 5) is 28.2. The molecule has 0 amide bonds. The van der Waals surface area contributed by atoms with Crippen LogP contribution >= 0.6 is 0 Å². The molecule has 0 unspecified atom stereocenters. The van der Waals surface area contributed by atoms with Gasteiger partial charge in [0.2, 0.25) is 5.72 Å². The first-order chi connectivity index (χ1) is 15.5. The summed E-state index contributed by atoms with van der Waals surface area (Å²) in [6.07, 6.45) is 0.0190. The van der Waals surface area contributed by atoms with Gasteiger partial charge in [0.15, 0.2) is 5.78 Å². The number of methoxy groups -OCH3 is 2. The molecule has 3 aromatic rings. The molecular weight excluding hydrogens is 406 g/mol. The predicted molar refractivity (Wildman–Crippen MR) is 121 cm³/mol. The monoisotopic (exact) mass is 431 g/mol. The summed E-state index contributed by atoms with van der Waals surface area (Å²) in [5.41, 5.74) is -0.110. The Kier molecular flexibility index (Phi) is 5.97. The van der Waals surface area contributed by atoms with Crippen molar-refractivity contribution in [2.24, 2.45) is 0 Å². The Labute approximate surface area is 187 Å². The summed E-state index contributed by atoms with van der Waals surface area (Å²) >= 11 is 0. The van der Waals surface area contributed by atoms with Gasteiger partial charge in [-0.1, -0.05) is 48.5 Å². The van der Waals surface area contributed by atoms with Gasteiger partial charge >= 0.3 is 5.97 Å². The normalized spacial score (nSPS) is 22.4. The zero-order chi connectivity index (χ0) is 22.7. The maximum Gasteiger partial charge on any atom is 0.359 e. The fraction of sp³-hybridized carbons (Fsp3) is 0.231. The van der Waals surface area contributed by atoms with Crippen LogP contribution in [0.3, 0.4) is 0 Å². The SMILES string of the molecule is COC(=O)[C@@]1(O)C[C@@H](c2ccccc2)[C@H](C(=O)c2ccc(OC)cc2)N1c1ccccc1. The van der Waals surface area contributed by atoms with Crippen LogP contribution in [0.15, 0.2) is 84.9 Å². The molecule has 1 heterocycles. The Morgan fingerprint density at radius 2 is 1.50 bits per heavy atom. The average molecular weight is 431 g/mol. The van der Waals surface area contributed by atoms with Crippen molar-refractivity contribution in [1.82, 2.24) is 0 Å². The van der Waals surface area contributed by atoms with Gasteiger partial charge in [-0.15, -0.1) is 0 Å². The van der Waals surface area contributed by atoms with Crippen molar-refractivity contribution in [3.63, 3.8) is 0 Å². The van der Waals surface area contributed by atoms with Gasteiger partial charge in [-0.2, -0.15) is 0 Å². The summed E-state index contributed by atoms with van der Waals surface area (Å²) in [6.45, 7) is 0. The smallest absolute Gasteiger partial charge is 0.359 e. The summed E-state index contributed by atoms with van der Waals surface area (Å²) in [5.74, 6) is -0.800. The van der Waals surface area contributed by atoms with E-state index in [9.17, 15) is 14.7 Å². The standard InChI is InChI=1S/C26H25NO5/c1-31-21-15-13-19(14-16-21)24(28)23-22(18-9-5-3-6-10-18)17-26(30,25(29)32-2)27(23)20-11-7-4-8-12-20/h3-16,22-23,30H,17H2,1-2H3/t22-,23+,26-/m0/s1. The van der Waals surface area contributed by atoms with Crippen molar-refractivity contribution in [3.8, 4) is 5.75 Å². The fourth-order valence-electron chi connectivity index (χ4n) is 4.46. The fourth-order valence-corrected chi connectivity index (χ4v) is 4.46. The molecule has 0 aromatic heterocycles. The zero-order valence-electron chi connectivity index (χ0n) is 18.0. The minimum atomic E-state index is -2.00. The van der Waals surface area contributed by atoms with E-state index in [0.29, 0.717) is 17.0 Å². The summed E-state index contributed by atoms with van der Waals surface area (Å²) in [7, 11) is 2.80. The number of anilines is 1. The molecule has 6 heteroatoms. The summed E-state index contributed by atoms with van der Waals surface area (Å²) in [5, 5.41) is 11.6. The van der Waals surface area contributed by atoms with E-state index in [1.165, 1.54) is 12.0 Å². The Balaban J connectivity index is 1.88. The molecule has 0 bridgehead atoms. The maximum absolute atomic E-state index is 13.9. The first kappa shape index (κ1) is 21.6. The molecule has 0 spiro atoms. The highest BCUT2D eigenvalue weighted by atomic mass is 16.5. The molecule has 4 rings (SSSR count). The van der Waals surface area contributed by atoms with E-state index in [1.807, 2.05) is 36.4 Å². The van der Waals surface area contributed by atoms with Crippen LogP contribution in [-0.4, -0.2) is 42.8 Å². The van der Waals surface area contributed by atoms with Crippen molar-refractivity contribution >= 4 is 17.4 Å². The third kappa shape index (κ3) is 3.74. The number of carbonyl (C=O) groups is 2. The number of carbonyl (C=O) groups excluding carboxylic acids is 2. The van der Waals surface area contributed by atoms with Gasteiger partial charge in [0.05, 0.1) is 14.2 Å². The number of Topliss-reactive ketones (excluding diaryl/α,β-unsaturated/α-hetero) is 1. The lowest BCUT2D eigenvalue weighted by Gasteiger charge is -2.36. The number of esters is 1. The highest BCUT2D eigenvalue weighted by Gasteiger charge is 2.59. The second kappa shape index (κ2) is 8.85. The van der Waals surface area contributed by atoms with Gasteiger partial charge in [-0.25, -0.2) is 4.79 Å². The van der Waals surface area contributed by atoms with Gasteiger partial charge in [0.25, 0.3) is 0 Å². The third-order valence-corrected chi connectivity index (χ3v) is 5.98. The number of nitrogens with zero attached hydrogens (tertiary/aromatic N) is 1. The first-order valence-corrected chi connectivity index (χ1v) is 10.4. The van der Waals surface area contributed by atoms with Gasteiger partial charge < -0.3 is 19.5 Å².